The van der Waals surface area contributed by atoms with Crippen molar-refractivity contribution in [1.82, 2.24) is 10.2 Å². The van der Waals surface area contributed by atoms with Gasteiger partial charge in [-0.1, -0.05) is 62.4 Å². The number of benzene rings is 2. The van der Waals surface area contributed by atoms with Crippen LogP contribution in [-0.4, -0.2) is 42.5 Å². The van der Waals surface area contributed by atoms with Gasteiger partial charge < -0.3 is 15.0 Å². The van der Waals surface area contributed by atoms with Crippen molar-refractivity contribution < 1.29 is 14.3 Å². The van der Waals surface area contributed by atoms with Gasteiger partial charge in [0.1, 0.15) is 11.8 Å². The maximum atomic E-state index is 12.8. The summed E-state index contributed by atoms with van der Waals surface area (Å²) in [5.74, 6) is 0.642. The molecule has 2 aromatic carbocycles. The molecule has 28 heavy (non-hydrogen) atoms. The molecule has 0 aliphatic heterocycles. The lowest BCUT2D eigenvalue weighted by atomic mass is 10.1. The third-order valence-corrected chi connectivity index (χ3v) is 4.44. The Morgan fingerprint density at radius 3 is 2.18 bits per heavy atom. The molecular formula is C23H30N2O3. The number of hydrogen-bond acceptors (Lipinski definition) is 3. The van der Waals surface area contributed by atoms with Gasteiger partial charge in [0, 0.05) is 13.1 Å². The Labute approximate surface area is 167 Å². The van der Waals surface area contributed by atoms with Gasteiger partial charge in [-0.25, -0.2) is 0 Å². The molecule has 0 saturated carbocycles. The summed E-state index contributed by atoms with van der Waals surface area (Å²) < 4.78 is 5.61. The van der Waals surface area contributed by atoms with E-state index < -0.39 is 6.04 Å². The van der Waals surface area contributed by atoms with Gasteiger partial charge in [-0.15, -0.1) is 0 Å². The standard InChI is InChI=1S/C23H30N2O3/c1-18(2)16-24-23(27)19(3)25(15-14-20-10-6-4-7-11-20)22(26)17-28-21-12-8-5-9-13-21/h4-13,18-19H,14-17H2,1-3H3,(H,24,27)/t19-/m0/s1. The molecule has 2 rings (SSSR count). The highest BCUT2D eigenvalue weighted by molar-refractivity contribution is 5.87. The highest BCUT2D eigenvalue weighted by atomic mass is 16.5. The molecule has 0 bridgehead atoms. The average molecular weight is 383 g/mol. The van der Waals surface area contributed by atoms with E-state index in [0.717, 1.165) is 5.56 Å². The largest absolute Gasteiger partial charge is 0.484 e. The van der Waals surface area contributed by atoms with Crippen molar-refractivity contribution in [2.75, 3.05) is 19.7 Å². The Morgan fingerprint density at radius 1 is 0.964 bits per heavy atom. The third kappa shape index (κ3) is 7.06. The number of amides is 2. The highest BCUT2D eigenvalue weighted by Crippen LogP contribution is 2.10. The van der Waals surface area contributed by atoms with Crippen LogP contribution in [0.25, 0.3) is 0 Å². The lowest BCUT2D eigenvalue weighted by Gasteiger charge is -2.29. The van der Waals surface area contributed by atoms with Crippen molar-refractivity contribution in [1.29, 1.82) is 0 Å². The summed E-state index contributed by atoms with van der Waals surface area (Å²) in [6.07, 6.45) is 0.680. The first-order chi connectivity index (χ1) is 13.5. The van der Waals surface area contributed by atoms with Crippen LogP contribution in [0.1, 0.15) is 26.3 Å². The van der Waals surface area contributed by atoms with Crippen molar-refractivity contribution in [3.8, 4) is 5.75 Å². The number of para-hydroxylation sites is 1. The molecule has 2 amide bonds. The lowest BCUT2D eigenvalue weighted by Crippen LogP contribution is -2.50. The molecular weight excluding hydrogens is 352 g/mol. The molecule has 0 heterocycles. The molecule has 0 aliphatic carbocycles. The number of ether oxygens (including phenoxy) is 1. The second-order valence-electron chi connectivity index (χ2n) is 7.24. The topological polar surface area (TPSA) is 58.6 Å². The molecule has 2 aromatic rings. The van der Waals surface area contributed by atoms with E-state index in [1.807, 2.05) is 62.4 Å². The zero-order chi connectivity index (χ0) is 20.4. The minimum atomic E-state index is -0.561. The molecule has 1 atom stereocenters. The maximum Gasteiger partial charge on any atom is 0.261 e. The number of carbonyl (C=O) groups excluding carboxylic acids is 2. The first-order valence-corrected chi connectivity index (χ1v) is 9.76. The second kappa shape index (κ2) is 11.1. The molecule has 150 valence electrons. The maximum absolute atomic E-state index is 12.8. The van der Waals surface area contributed by atoms with Crippen LogP contribution in [0.4, 0.5) is 0 Å². The van der Waals surface area contributed by atoms with E-state index in [4.69, 9.17) is 4.74 Å². The summed E-state index contributed by atoms with van der Waals surface area (Å²) in [5, 5.41) is 2.92. The lowest BCUT2D eigenvalue weighted by molar-refractivity contribution is -0.141. The van der Waals surface area contributed by atoms with Crippen LogP contribution < -0.4 is 10.1 Å². The van der Waals surface area contributed by atoms with E-state index in [2.05, 4.69) is 5.32 Å². The van der Waals surface area contributed by atoms with E-state index in [9.17, 15) is 9.59 Å². The summed E-state index contributed by atoms with van der Waals surface area (Å²) in [7, 11) is 0. The number of nitrogens with one attached hydrogen (secondary N) is 1. The highest BCUT2D eigenvalue weighted by Gasteiger charge is 2.26. The zero-order valence-electron chi connectivity index (χ0n) is 16.9. The summed E-state index contributed by atoms with van der Waals surface area (Å²) >= 11 is 0. The summed E-state index contributed by atoms with van der Waals surface area (Å²) in [5.41, 5.74) is 1.12. The molecule has 5 heteroatoms. The van der Waals surface area contributed by atoms with Gasteiger partial charge in [-0.3, -0.25) is 9.59 Å². The van der Waals surface area contributed by atoms with Gasteiger partial charge in [0.15, 0.2) is 6.61 Å². The second-order valence-corrected chi connectivity index (χ2v) is 7.24. The predicted molar refractivity (Wildman–Crippen MR) is 111 cm³/mol. The molecule has 0 saturated heterocycles. The monoisotopic (exact) mass is 382 g/mol. The molecule has 0 radical (unpaired) electrons. The Bertz CT molecular complexity index is 732. The predicted octanol–water partition coefficient (Wildman–Crippen LogP) is 3.30. The van der Waals surface area contributed by atoms with E-state index in [0.29, 0.717) is 31.2 Å². The van der Waals surface area contributed by atoms with Gasteiger partial charge in [-0.05, 0) is 37.0 Å². The van der Waals surface area contributed by atoms with Crippen molar-refractivity contribution >= 4 is 11.8 Å². The molecule has 0 aliphatic rings. The quantitative estimate of drug-likeness (QED) is 0.686. The fourth-order valence-corrected chi connectivity index (χ4v) is 2.77. The first-order valence-electron chi connectivity index (χ1n) is 9.76. The van der Waals surface area contributed by atoms with Crippen molar-refractivity contribution in [2.45, 2.75) is 33.2 Å². The fourth-order valence-electron chi connectivity index (χ4n) is 2.77. The Hall–Kier alpha value is -2.82. The van der Waals surface area contributed by atoms with E-state index in [1.165, 1.54) is 0 Å². The number of rotatable bonds is 10. The Balaban J connectivity index is 2.03. The van der Waals surface area contributed by atoms with Gasteiger partial charge in [0.25, 0.3) is 5.91 Å². The zero-order valence-corrected chi connectivity index (χ0v) is 16.9. The van der Waals surface area contributed by atoms with E-state index >= 15 is 0 Å². The van der Waals surface area contributed by atoms with Crippen molar-refractivity contribution in [2.24, 2.45) is 5.92 Å². The van der Waals surface area contributed by atoms with Crippen LogP contribution in [0, 0.1) is 5.92 Å². The van der Waals surface area contributed by atoms with Crippen molar-refractivity contribution in [3.63, 3.8) is 0 Å². The molecule has 1 N–H and O–H groups in total. The minimum absolute atomic E-state index is 0.0966. The smallest absolute Gasteiger partial charge is 0.261 e. The fraction of sp³-hybridized carbons (Fsp3) is 0.391. The SMILES string of the molecule is CC(C)CNC(=O)[C@H](C)N(CCc1ccccc1)C(=O)COc1ccccc1. The number of carbonyl (C=O) groups is 2. The van der Waals surface area contributed by atoms with Gasteiger partial charge >= 0.3 is 0 Å². The molecule has 0 fully saturated rings. The van der Waals surface area contributed by atoms with Crippen LogP contribution in [0.2, 0.25) is 0 Å². The number of hydrogen-bond donors (Lipinski definition) is 1. The third-order valence-electron chi connectivity index (χ3n) is 4.44. The Morgan fingerprint density at radius 2 is 1.57 bits per heavy atom. The van der Waals surface area contributed by atoms with E-state index in [1.54, 1.807) is 24.0 Å². The number of nitrogens with zero attached hydrogens (tertiary/aromatic N) is 1. The average Bonchev–Trinajstić information content (AvgIpc) is 2.72. The van der Waals surface area contributed by atoms with Crippen LogP contribution in [0.5, 0.6) is 5.75 Å². The van der Waals surface area contributed by atoms with Gasteiger partial charge in [-0.2, -0.15) is 0 Å². The van der Waals surface area contributed by atoms with Gasteiger partial charge in [0.2, 0.25) is 5.91 Å². The molecule has 5 nitrogen and oxygen atoms in total. The summed E-state index contributed by atoms with van der Waals surface area (Å²) in [4.78, 5) is 27.0. The Kier molecular flexibility index (Phi) is 8.53. The normalized spacial score (nSPS) is 11.7. The van der Waals surface area contributed by atoms with Crippen molar-refractivity contribution in [3.05, 3.63) is 66.2 Å². The van der Waals surface area contributed by atoms with Gasteiger partial charge in [0.05, 0.1) is 0 Å². The van der Waals surface area contributed by atoms with Crippen LogP contribution in [0.3, 0.4) is 0 Å². The van der Waals surface area contributed by atoms with E-state index in [-0.39, 0.29) is 18.4 Å². The minimum Gasteiger partial charge on any atom is -0.484 e. The summed E-state index contributed by atoms with van der Waals surface area (Å²) in [6.45, 7) is 6.79. The molecule has 0 spiro atoms. The molecule has 0 aromatic heterocycles. The van der Waals surface area contributed by atoms with Crippen LogP contribution in [0.15, 0.2) is 60.7 Å². The van der Waals surface area contributed by atoms with Crippen LogP contribution >= 0.6 is 0 Å². The molecule has 0 unspecified atom stereocenters. The van der Waals surface area contributed by atoms with Crippen LogP contribution in [-0.2, 0) is 16.0 Å². The summed E-state index contributed by atoms with van der Waals surface area (Å²) in [6, 6.07) is 18.6. The first kappa shape index (κ1) is 21.5.